The Balaban J connectivity index is 1.95. The summed E-state index contributed by atoms with van der Waals surface area (Å²) in [6.07, 6.45) is -0.430. The fraction of sp³-hybridized carbons (Fsp3) is 0.375. The molecule has 0 unspecified atom stereocenters. The largest absolute Gasteiger partial charge is 0.494 e. The first kappa shape index (κ1) is 17.2. The average Bonchev–Trinajstić information content (AvgIpc) is 2.46. The van der Waals surface area contributed by atoms with Crippen LogP contribution in [-0.4, -0.2) is 19.8 Å². The topological polar surface area (TPSA) is 30.5 Å². The Morgan fingerprint density at radius 2 is 2.04 bits per heavy atom. The zero-order chi connectivity index (χ0) is 16.9. The molecule has 126 valence electrons. The van der Waals surface area contributed by atoms with Gasteiger partial charge in [-0.2, -0.15) is 13.2 Å². The van der Waals surface area contributed by atoms with E-state index in [1.807, 2.05) is 0 Å². The number of allylic oxidation sites excluding steroid dienone is 3. The summed E-state index contributed by atoms with van der Waals surface area (Å²) in [5, 5.41) is 2.71. The quantitative estimate of drug-likeness (QED) is 0.788. The summed E-state index contributed by atoms with van der Waals surface area (Å²) in [5.74, 6) is 0.447. The maximum Gasteiger partial charge on any atom is 0.390 e. The molecule has 1 aliphatic rings. The zero-order valence-electron chi connectivity index (χ0n) is 12.5. The fourth-order valence-corrected chi connectivity index (χ4v) is 2.09. The minimum Gasteiger partial charge on any atom is -0.494 e. The molecule has 0 aromatic heterocycles. The Bertz CT molecular complexity index is 609. The predicted molar refractivity (Wildman–Crippen MR) is 77.7 cm³/mol. The number of nitrogens with one attached hydrogen (secondary N) is 1. The summed E-state index contributed by atoms with van der Waals surface area (Å²) >= 11 is 0. The Morgan fingerprint density at radius 3 is 2.70 bits per heavy atom. The van der Waals surface area contributed by atoms with Crippen molar-refractivity contribution >= 4 is 0 Å². The van der Waals surface area contributed by atoms with E-state index in [0.717, 1.165) is 0 Å². The monoisotopic (exact) mass is 331 g/mol. The molecule has 0 atom stereocenters. The molecule has 2 rings (SSSR count). The van der Waals surface area contributed by atoms with E-state index in [9.17, 15) is 17.6 Å². The van der Waals surface area contributed by atoms with Crippen LogP contribution in [0.15, 0.2) is 41.8 Å². The number of methoxy groups -OCH3 is 1. The molecule has 3 nitrogen and oxygen atoms in total. The lowest BCUT2D eigenvalue weighted by atomic mass is 10.1. The normalized spacial score (nSPS) is 14.8. The van der Waals surface area contributed by atoms with Gasteiger partial charge in [0, 0.05) is 24.7 Å². The van der Waals surface area contributed by atoms with Crippen LogP contribution in [0.25, 0.3) is 0 Å². The first-order valence-electron chi connectivity index (χ1n) is 7.10. The summed E-state index contributed by atoms with van der Waals surface area (Å²) in [4.78, 5) is 0. The number of alkyl halides is 3. The highest BCUT2D eigenvalue weighted by atomic mass is 19.4. The van der Waals surface area contributed by atoms with Crippen LogP contribution in [0.4, 0.5) is 17.6 Å². The van der Waals surface area contributed by atoms with E-state index in [2.05, 4.69) is 5.32 Å². The number of rotatable bonds is 6. The molecule has 0 saturated heterocycles. The van der Waals surface area contributed by atoms with Crippen molar-refractivity contribution in [1.82, 2.24) is 5.32 Å². The van der Waals surface area contributed by atoms with E-state index in [-0.39, 0.29) is 12.3 Å². The third-order valence-corrected chi connectivity index (χ3v) is 3.18. The Kier molecular flexibility index (Phi) is 5.52. The molecule has 1 aromatic rings. The molecular formula is C16H17F4NO2. The number of hydrogen-bond donors (Lipinski definition) is 1. The van der Waals surface area contributed by atoms with Crippen molar-refractivity contribution < 1.29 is 27.0 Å². The molecule has 0 fully saturated rings. The van der Waals surface area contributed by atoms with Crippen molar-refractivity contribution in [3.05, 3.63) is 47.6 Å². The van der Waals surface area contributed by atoms with Crippen molar-refractivity contribution in [2.45, 2.75) is 25.4 Å². The maximum absolute atomic E-state index is 13.6. The highest BCUT2D eigenvalue weighted by molar-refractivity contribution is 5.35. The molecule has 0 aliphatic heterocycles. The third kappa shape index (κ3) is 5.50. The number of hydrogen-bond acceptors (Lipinski definition) is 3. The van der Waals surface area contributed by atoms with Crippen LogP contribution in [-0.2, 0) is 0 Å². The van der Waals surface area contributed by atoms with Crippen LogP contribution in [0.1, 0.15) is 19.3 Å². The molecule has 1 aliphatic carbocycles. The van der Waals surface area contributed by atoms with Gasteiger partial charge >= 0.3 is 6.18 Å². The molecule has 0 saturated carbocycles. The van der Waals surface area contributed by atoms with Crippen LogP contribution < -0.4 is 14.8 Å². The van der Waals surface area contributed by atoms with Crippen molar-refractivity contribution in [3.63, 3.8) is 0 Å². The highest BCUT2D eigenvalue weighted by Gasteiger charge is 2.26. The van der Waals surface area contributed by atoms with Crippen molar-refractivity contribution in [1.29, 1.82) is 0 Å². The van der Waals surface area contributed by atoms with Gasteiger partial charge in [0.2, 0.25) is 0 Å². The Labute approximate surface area is 131 Å². The second-order valence-corrected chi connectivity index (χ2v) is 5.00. The lowest BCUT2D eigenvalue weighted by Crippen LogP contribution is -2.21. The summed E-state index contributed by atoms with van der Waals surface area (Å²) in [5.41, 5.74) is 0.574. The van der Waals surface area contributed by atoms with E-state index < -0.39 is 18.4 Å². The lowest BCUT2D eigenvalue weighted by molar-refractivity contribution is -0.133. The molecule has 1 aromatic carbocycles. The fourth-order valence-electron chi connectivity index (χ4n) is 2.09. The second kappa shape index (κ2) is 7.39. The van der Waals surface area contributed by atoms with Crippen LogP contribution in [0.3, 0.4) is 0 Å². The van der Waals surface area contributed by atoms with Gasteiger partial charge in [-0.05, 0) is 24.6 Å². The van der Waals surface area contributed by atoms with Gasteiger partial charge in [-0.15, -0.1) is 0 Å². The Hall–Kier alpha value is -2.18. The number of ether oxygens (including phenoxy) is 2. The zero-order valence-corrected chi connectivity index (χ0v) is 12.5. The van der Waals surface area contributed by atoms with Gasteiger partial charge in [0.25, 0.3) is 0 Å². The van der Waals surface area contributed by atoms with Crippen molar-refractivity contribution in [3.8, 4) is 11.5 Å². The van der Waals surface area contributed by atoms with Gasteiger partial charge in [-0.25, -0.2) is 4.39 Å². The molecule has 23 heavy (non-hydrogen) atoms. The highest BCUT2D eigenvalue weighted by Crippen LogP contribution is 2.26. The van der Waals surface area contributed by atoms with Crippen LogP contribution in [0.2, 0.25) is 0 Å². The van der Waals surface area contributed by atoms with E-state index in [0.29, 0.717) is 30.0 Å². The van der Waals surface area contributed by atoms with Crippen molar-refractivity contribution in [2.24, 2.45) is 0 Å². The van der Waals surface area contributed by atoms with Gasteiger partial charge in [0.05, 0.1) is 13.5 Å². The molecular weight excluding hydrogens is 314 g/mol. The molecule has 1 N–H and O–H groups in total. The second-order valence-electron chi connectivity index (χ2n) is 5.00. The van der Waals surface area contributed by atoms with E-state index in [1.165, 1.54) is 19.2 Å². The smallest absolute Gasteiger partial charge is 0.390 e. The molecule has 0 heterocycles. The minimum atomic E-state index is -4.19. The first-order chi connectivity index (χ1) is 10.9. The Morgan fingerprint density at radius 1 is 1.26 bits per heavy atom. The summed E-state index contributed by atoms with van der Waals surface area (Å²) < 4.78 is 60.4. The van der Waals surface area contributed by atoms with E-state index in [4.69, 9.17) is 9.47 Å². The van der Waals surface area contributed by atoms with Gasteiger partial charge in [-0.1, -0.05) is 6.08 Å². The van der Waals surface area contributed by atoms with Gasteiger partial charge in [-0.3, -0.25) is 0 Å². The van der Waals surface area contributed by atoms with Gasteiger partial charge < -0.3 is 14.8 Å². The van der Waals surface area contributed by atoms with Crippen LogP contribution in [0, 0.1) is 5.82 Å². The summed E-state index contributed by atoms with van der Waals surface area (Å²) in [6.45, 7) is -0.198. The number of halogens is 4. The first-order valence-corrected chi connectivity index (χ1v) is 7.10. The summed E-state index contributed by atoms with van der Waals surface area (Å²) in [6, 6.07) is 4.22. The lowest BCUT2D eigenvalue weighted by Gasteiger charge is -2.17. The van der Waals surface area contributed by atoms with Gasteiger partial charge in [0.15, 0.2) is 11.6 Å². The predicted octanol–water partition coefficient (Wildman–Crippen LogP) is 4.32. The SMILES string of the molecule is COc1ccc(OC2=CC(NCCC(F)(F)F)=CCC2)cc1F. The molecule has 0 bridgehead atoms. The third-order valence-electron chi connectivity index (χ3n) is 3.18. The average molecular weight is 331 g/mol. The molecule has 7 heteroatoms. The van der Waals surface area contributed by atoms with Gasteiger partial charge in [0.1, 0.15) is 11.5 Å². The molecule has 0 radical (unpaired) electrons. The summed E-state index contributed by atoms with van der Waals surface area (Å²) in [7, 11) is 1.37. The molecule has 0 spiro atoms. The standard InChI is InChI=1S/C16H17F4NO2/c1-22-15-6-5-13(10-14(15)17)23-12-4-2-3-11(9-12)21-8-7-16(18,19)20/h3,5-6,9-10,21H,2,4,7-8H2,1H3. The van der Waals surface area contributed by atoms with E-state index in [1.54, 1.807) is 18.2 Å². The maximum atomic E-state index is 13.6. The van der Waals surface area contributed by atoms with Crippen molar-refractivity contribution in [2.75, 3.05) is 13.7 Å². The van der Waals surface area contributed by atoms with E-state index >= 15 is 0 Å². The van der Waals surface area contributed by atoms with Crippen LogP contribution >= 0.6 is 0 Å². The molecule has 0 amide bonds. The van der Waals surface area contributed by atoms with Crippen LogP contribution in [0.5, 0.6) is 11.5 Å². The minimum absolute atomic E-state index is 0.115. The number of benzene rings is 1.